The number of aromatic nitrogens is 1. The fraction of sp³-hybridized carbons (Fsp3) is 0.444. The highest BCUT2D eigenvalue weighted by Crippen LogP contribution is 2.31. The molecule has 0 aromatic carbocycles. The molecule has 0 amide bonds. The van der Waals surface area contributed by atoms with Crippen LogP contribution in [-0.2, 0) is 6.54 Å². The van der Waals surface area contributed by atoms with E-state index in [1.54, 1.807) is 6.20 Å². The van der Waals surface area contributed by atoms with Crippen LogP contribution in [0.4, 0.5) is 0 Å². The van der Waals surface area contributed by atoms with Crippen molar-refractivity contribution in [1.29, 1.82) is 0 Å². The third kappa shape index (κ3) is 2.19. The van der Waals surface area contributed by atoms with Crippen LogP contribution in [0.1, 0.15) is 18.5 Å². The molecule has 1 heterocycles. The predicted octanol–water partition coefficient (Wildman–Crippen LogP) is 1.84. The molecule has 3 nitrogen and oxygen atoms in total. The third-order valence-electron chi connectivity index (χ3n) is 1.90. The Morgan fingerprint density at radius 1 is 1.62 bits per heavy atom. The van der Waals surface area contributed by atoms with Gasteiger partial charge < -0.3 is 10.5 Å². The van der Waals surface area contributed by atoms with Crippen LogP contribution in [0.25, 0.3) is 0 Å². The van der Waals surface area contributed by atoms with Gasteiger partial charge in [0.2, 0.25) is 0 Å². The Balaban J connectivity index is 2.15. The van der Waals surface area contributed by atoms with Gasteiger partial charge in [0, 0.05) is 6.54 Å². The molecule has 0 saturated heterocycles. The zero-order valence-electron chi connectivity index (χ0n) is 7.16. The molecule has 70 valence electrons. The van der Waals surface area contributed by atoms with Crippen molar-refractivity contribution in [2.24, 2.45) is 5.73 Å². The topological polar surface area (TPSA) is 48.1 Å². The van der Waals surface area contributed by atoms with Crippen LogP contribution in [0, 0.1) is 0 Å². The van der Waals surface area contributed by atoms with Gasteiger partial charge in [0.25, 0.3) is 0 Å². The highest BCUT2D eigenvalue weighted by molar-refractivity contribution is 9.10. The van der Waals surface area contributed by atoms with Gasteiger partial charge in [-0.2, -0.15) is 0 Å². The normalized spacial score (nSPS) is 15.8. The largest absolute Gasteiger partial charge is 0.488 e. The number of halogens is 1. The number of rotatable bonds is 3. The molecule has 0 aliphatic heterocycles. The van der Waals surface area contributed by atoms with Crippen molar-refractivity contribution in [3.05, 3.63) is 22.4 Å². The average molecular weight is 243 g/mol. The molecular weight excluding hydrogens is 232 g/mol. The van der Waals surface area contributed by atoms with Crippen LogP contribution in [-0.4, -0.2) is 11.1 Å². The lowest BCUT2D eigenvalue weighted by Gasteiger charge is -2.06. The molecular formula is C9H11BrN2O. The van der Waals surface area contributed by atoms with E-state index < -0.39 is 0 Å². The summed E-state index contributed by atoms with van der Waals surface area (Å²) in [5, 5.41) is 0. The van der Waals surface area contributed by atoms with E-state index in [0.29, 0.717) is 12.6 Å². The molecule has 0 bridgehead atoms. The number of nitrogens with two attached hydrogens (primary N) is 1. The molecule has 0 radical (unpaired) electrons. The van der Waals surface area contributed by atoms with E-state index >= 15 is 0 Å². The summed E-state index contributed by atoms with van der Waals surface area (Å²) in [5.74, 6) is 0.819. The zero-order chi connectivity index (χ0) is 9.26. The molecule has 1 aromatic rings. The van der Waals surface area contributed by atoms with Crippen molar-refractivity contribution in [3.63, 3.8) is 0 Å². The molecule has 1 aliphatic carbocycles. The van der Waals surface area contributed by atoms with Crippen LogP contribution in [0.5, 0.6) is 5.75 Å². The molecule has 0 atom stereocenters. The quantitative estimate of drug-likeness (QED) is 0.881. The minimum atomic E-state index is 0.404. The van der Waals surface area contributed by atoms with Crippen molar-refractivity contribution in [1.82, 2.24) is 4.98 Å². The molecule has 1 aromatic heterocycles. The minimum absolute atomic E-state index is 0.404. The minimum Gasteiger partial charge on any atom is -0.488 e. The SMILES string of the molecule is NCc1cc(Br)c(OC2CC2)cn1. The van der Waals surface area contributed by atoms with E-state index in [1.807, 2.05) is 6.07 Å². The first kappa shape index (κ1) is 8.97. The molecule has 0 unspecified atom stereocenters. The van der Waals surface area contributed by atoms with Crippen molar-refractivity contribution >= 4 is 15.9 Å². The first-order valence-electron chi connectivity index (χ1n) is 4.30. The second-order valence-corrected chi connectivity index (χ2v) is 3.98. The zero-order valence-corrected chi connectivity index (χ0v) is 8.75. The summed E-state index contributed by atoms with van der Waals surface area (Å²) in [6, 6.07) is 1.90. The van der Waals surface area contributed by atoms with Gasteiger partial charge in [-0.1, -0.05) is 0 Å². The Hall–Kier alpha value is -0.610. The molecule has 2 rings (SSSR count). The molecule has 2 N–H and O–H groups in total. The van der Waals surface area contributed by atoms with Gasteiger partial charge in [0.1, 0.15) is 0 Å². The smallest absolute Gasteiger partial charge is 0.152 e. The van der Waals surface area contributed by atoms with Crippen molar-refractivity contribution in [3.8, 4) is 5.75 Å². The van der Waals surface area contributed by atoms with E-state index in [1.165, 1.54) is 0 Å². The standard InChI is InChI=1S/C9H11BrN2O/c10-8-3-6(4-11)12-5-9(8)13-7-1-2-7/h3,5,7H,1-2,4,11H2. The van der Waals surface area contributed by atoms with Crippen molar-refractivity contribution < 1.29 is 4.74 Å². The lowest BCUT2D eigenvalue weighted by molar-refractivity contribution is 0.300. The third-order valence-corrected chi connectivity index (χ3v) is 2.52. The lowest BCUT2D eigenvalue weighted by Crippen LogP contribution is -2.02. The highest BCUT2D eigenvalue weighted by Gasteiger charge is 2.24. The van der Waals surface area contributed by atoms with Crippen LogP contribution in [0.2, 0.25) is 0 Å². The van der Waals surface area contributed by atoms with Gasteiger partial charge in [-0.3, -0.25) is 4.98 Å². The summed E-state index contributed by atoms with van der Waals surface area (Å²) >= 11 is 3.42. The first-order valence-corrected chi connectivity index (χ1v) is 5.10. The van der Waals surface area contributed by atoms with Gasteiger partial charge in [-0.25, -0.2) is 0 Å². The van der Waals surface area contributed by atoms with E-state index in [4.69, 9.17) is 10.5 Å². The Morgan fingerprint density at radius 3 is 2.92 bits per heavy atom. The van der Waals surface area contributed by atoms with Gasteiger partial charge in [0.15, 0.2) is 5.75 Å². The number of nitrogens with zero attached hydrogens (tertiary/aromatic N) is 1. The van der Waals surface area contributed by atoms with E-state index in [0.717, 1.165) is 28.8 Å². The summed E-state index contributed by atoms with van der Waals surface area (Å²) in [6.45, 7) is 0.461. The first-order chi connectivity index (χ1) is 6.29. The number of ether oxygens (including phenoxy) is 1. The number of hydrogen-bond donors (Lipinski definition) is 1. The second kappa shape index (κ2) is 3.64. The molecule has 1 fully saturated rings. The monoisotopic (exact) mass is 242 g/mol. The molecule has 1 saturated carbocycles. The molecule has 1 aliphatic rings. The molecule has 0 spiro atoms. The van der Waals surface area contributed by atoms with Crippen LogP contribution in [0.15, 0.2) is 16.7 Å². The van der Waals surface area contributed by atoms with Gasteiger partial charge in [0.05, 0.1) is 22.5 Å². The Labute approximate surface area is 85.4 Å². The van der Waals surface area contributed by atoms with Crippen LogP contribution >= 0.6 is 15.9 Å². The number of pyridine rings is 1. The summed E-state index contributed by atoms with van der Waals surface area (Å²) in [5.41, 5.74) is 6.33. The summed E-state index contributed by atoms with van der Waals surface area (Å²) in [4.78, 5) is 4.16. The highest BCUT2D eigenvalue weighted by atomic mass is 79.9. The van der Waals surface area contributed by atoms with Gasteiger partial charge >= 0.3 is 0 Å². The Morgan fingerprint density at radius 2 is 2.38 bits per heavy atom. The molecule has 13 heavy (non-hydrogen) atoms. The van der Waals surface area contributed by atoms with E-state index in [9.17, 15) is 0 Å². The average Bonchev–Trinajstić information content (AvgIpc) is 2.92. The van der Waals surface area contributed by atoms with Crippen molar-refractivity contribution in [2.45, 2.75) is 25.5 Å². The Kier molecular flexibility index (Phi) is 2.51. The van der Waals surface area contributed by atoms with Crippen LogP contribution in [0.3, 0.4) is 0 Å². The number of hydrogen-bond acceptors (Lipinski definition) is 3. The van der Waals surface area contributed by atoms with Crippen molar-refractivity contribution in [2.75, 3.05) is 0 Å². The summed E-state index contributed by atoms with van der Waals surface area (Å²) in [7, 11) is 0. The fourth-order valence-corrected chi connectivity index (χ4v) is 1.48. The fourth-order valence-electron chi connectivity index (χ4n) is 1.02. The maximum Gasteiger partial charge on any atom is 0.152 e. The van der Waals surface area contributed by atoms with Gasteiger partial charge in [-0.05, 0) is 34.8 Å². The summed E-state index contributed by atoms with van der Waals surface area (Å²) < 4.78 is 6.55. The summed E-state index contributed by atoms with van der Waals surface area (Å²) in [6.07, 6.45) is 4.45. The maximum absolute atomic E-state index is 5.61. The Bertz CT molecular complexity index is 312. The maximum atomic E-state index is 5.61. The predicted molar refractivity (Wildman–Crippen MR) is 53.5 cm³/mol. The van der Waals surface area contributed by atoms with E-state index in [-0.39, 0.29) is 0 Å². The van der Waals surface area contributed by atoms with E-state index in [2.05, 4.69) is 20.9 Å². The lowest BCUT2D eigenvalue weighted by atomic mass is 10.3. The van der Waals surface area contributed by atoms with Crippen LogP contribution < -0.4 is 10.5 Å². The van der Waals surface area contributed by atoms with Gasteiger partial charge in [-0.15, -0.1) is 0 Å². The molecule has 4 heteroatoms. The second-order valence-electron chi connectivity index (χ2n) is 3.13.